The van der Waals surface area contributed by atoms with Crippen LogP contribution < -0.4 is 5.14 Å². The number of carboxylic acids is 1. The smallest absolute Gasteiger partial charge is 0.478 e. The van der Waals surface area contributed by atoms with Gasteiger partial charge in [-0.25, -0.2) is 18.4 Å². The summed E-state index contributed by atoms with van der Waals surface area (Å²) in [4.78, 5) is 9.60. The van der Waals surface area contributed by atoms with Crippen LogP contribution in [-0.4, -0.2) is 25.0 Å². The minimum Gasteiger partial charge on any atom is -0.478 e. The van der Waals surface area contributed by atoms with E-state index in [0.717, 1.165) is 0 Å². The van der Waals surface area contributed by atoms with Crippen molar-refractivity contribution in [1.29, 1.82) is 0 Å². The third-order valence-corrected chi connectivity index (χ3v) is 1.33. The molecule has 0 aliphatic heterocycles. The Balaban J connectivity index is -0.000000188. The number of carbonyl (C=O) groups is 1. The van der Waals surface area contributed by atoms with Crippen molar-refractivity contribution in [3.63, 3.8) is 0 Å². The van der Waals surface area contributed by atoms with Gasteiger partial charge in [0, 0.05) is 5.57 Å². The molecule has 0 radical (unpaired) electrons. The molecule has 0 unspecified atom stereocenters. The van der Waals surface area contributed by atoms with Crippen LogP contribution in [0, 0.1) is 0 Å². The van der Waals surface area contributed by atoms with Crippen molar-refractivity contribution >= 4 is 16.0 Å². The molecule has 0 rings (SSSR count). The first-order chi connectivity index (χ1) is 6.89. The molecule has 0 atom stereocenters. The van der Waals surface area contributed by atoms with Gasteiger partial charge in [0.1, 0.15) is 0 Å². The fourth-order valence-electron chi connectivity index (χ4n) is 0. The summed E-state index contributed by atoms with van der Waals surface area (Å²) in [5, 5.41) is 11.6. The van der Waals surface area contributed by atoms with Crippen LogP contribution in [0.5, 0.6) is 0 Å². The summed E-state index contributed by atoms with van der Waals surface area (Å²) < 4.78 is 51.2. The molecule has 9 heteroatoms. The maximum atomic E-state index is 10.8. The Morgan fingerprint density at radius 1 is 1.31 bits per heavy atom. The molecule has 0 aliphatic rings. The number of aliphatic carboxylic acids is 1. The molecule has 0 aromatic carbocycles. The molecule has 16 heavy (non-hydrogen) atoms. The largest absolute Gasteiger partial charge is 0.511 e. The number of primary sulfonamides is 1. The Labute approximate surface area is 91.8 Å². The van der Waals surface area contributed by atoms with E-state index in [2.05, 4.69) is 11.7 Å². The van der Waals surface area contributed by atoms with Gasteiger partial charge in [-0.2, -0.15) is 13.2 Å². The monoisotopic (exact) mass is 265 g/mol. The Morgan fingerprint density at radius 3 is 1.44 bits per heavy atom. The van der Waals surface area contributed by atoms with Crippen LogP contribution in [0.2, 0.25) is 0 Å². The summed E-state index contributed by atoms with van der Waals surface area (Å²) in [5.74, 6) is -0.935. The highest BCUT2D eigenvalue weighted by Crippen LogP contribution is 2.18. The molecule has 98 valence electrons. The van der Waals surface area contributed by atoms with Crippen LogP contribution in [0.3, 0.4) is 0 Å². The molecule has 0 fully saturated rings. The molecule has 0 spiro atoms. The van der Waals surface area contributed by atoms with Crippen molar-refractivity contribution < 1.29 is 31.5 Å². The molecule has 0 saturated carbocycles. The molecule has 3 N–H and O–H groups in total. The van der Waals surface area contributed by atoms with Crippen LogP contribution in [0.4, 0.5) is 13.2 Å². The van der Waals surface area contributed by atoms with E-state index in [-0.39, 0.29) is 5.57 Å². The van der Waals surface area contributed by atoms with Crippen molar-refractivity contribution in [2.24, 2.45) is 5.14 Å². The van der Waals surface area contributed by atoms with Gasteiger partial charge < -0.3 is 5.11 Å². The minimum absolute atomic E-state index is 0.176. The highest BCUT2D eigenvalue weighted by atomic mass is 32.2. The first kappa shape index (κ1) is 20.3. The lowest BCUT2D eigenvalue weighted by molar-refractivity contribution is -0.132. The highest BCUT2D eigenvalue weighted by molar-refractivity contribution is 7.90. The maximum absolute atomic E-state index is 10.8. The summed E-state index contributed by atoms with van der Waals surface area (Å²) in [6.07, 6.45) is 0. The second-order valence-corrected chi connectivity index (χ2v) is 3.63. The number of hydrogen-bond donors (Lipinski definition) is 2. The molecular formula is C7H14F3NO4S. The molecule has 0 saturated heterocycles. The van der Waals surface area contributed by atoms with Gasteiger partial charge in [-0.1, -0.05) is 20.4 Å². The number of nitrogens with two attached hydrogens (primary N) is 1. The maximum Gasteiger partial charge on any atom is 0.511 e. The predicted molar refractivity (Wildman–Crippen MR) is 53.0 cm³/mol. The van der Waals surface area contributed by atoms with E-state index < -0.39 is 21.5 Å². The van der Waals surface area contributed by atoms with Crippen LogP contribution in [-0.2, 0) is 14.8 Å². The van der Waals surface area contributed by atoms with E-state index >= 15 is 0 Å². The number of rotatable bonds is 1. The molecular weight excluding hydrogens is 251 g/mol. The molecule has 0 bridgehead atoms. The van der Waals surface area contributed by atoms with Gasteiger partial charge in [-0.05, 0) is 6.92 Å². The van der Waals surface area contributed by atoms with Crippen LogP contribution in [0.15, 0.2) is 12.2 Å². The number of sulfonamides is 1. The number of halogens is 3. The summed E-state index contributed by atoms with van der Waals surface area (Å²) in [5.41, 5.74) is -5.14. The van der Waals surface area contributed by atoms with Gasteiger partial charge in [0.25, 0.3) is 0 Å². The van der Waals surface area contributed by atoms with Gasteiger partial charge in [-0.3, -0.25) is 0 Å². The number of hydrogen-bond acceptors (Lipinski definition) is 3. The fraction of sp³-hybridized carbons (Fsp3) is 0.571. The molecule has 5 nitrogen and oxygen atoms in total. The van der Waals surface area contributed by atoms with Crippen molar-refractivity contribution in [3.8, 4) is 0 Å². The second-order valence-electron chi connectivity index (χ2n) is 2.08. The van der Waals surface area contributed by atoms with Crippen LogP contribution in [0.1, 0.15) is 20.8 Å². The predicted octanol–water partition coefficient (Wildman–Crippen LogP) is 1.47. The molecule has 0 aromatic rings. The standard InChI is InChI=1S/C4H6O2.C2H6.CH2F3NO2S/c1-3(2)4(5)6;1-2;2-1(3,4)8(5,6)7/h1H2,2H3,(H,5,6);1-2H3;(H2,5,6,7). The Bertz CT molecular complexity index is 309. The van der Waals surface area contributed by atoms with Gasteiger partial charge in [0.15, 0.2) is 0 Å². The zero-order chi connectivity index (χ0) is 14.2. The lowest BCUT2D eigenvalue weighted by Gasteiger charge is -1.98. The quantitative estimate of drug-likeness (QED) is 0.701. The fourth-order valence-corrected chi connectivity index (χ4v) is 0. The Kier molecular flexibility index (Phi) is 10.3. The highest BCUT2D eigenvalue weighted by Gasteiger charge is 2.42. The van der Waals surface area contributed by atoms with E-state index in [9.17, 15) is 26.4 Å². The number of alkyl halides is 3. The van der Waals surface area contributed by atoms with Crippen LogP contribution in [0.25, 0.3) is 0 Å². The lowest BCUT2D eigenvalue weighted by Crippen LogP contribution is -2.30. The van der Waals surface area contributed by atoms with Crippen molar-refractivity contribution in [1.82, 2.24) is 0 Å². The molecule has 0 aliphatic carbocycles. The Hall–Kier alpha value is -1.09. The van der Waals surface area contributed by atoms with Gasteiger partial charge in [0.2, 0.25) is 0 Å². The van der Waals surface area contributed by atoms with Gasteiger partial charge in [0.05, 0.1) is 0 Å². The summed E-state index contributed by atoms with van der Waals surface area (Å²) in [7, 11) is -5.34. The minimum atomic E-state index is -5.34. The first-order valence-electron chi connectivity index (χ1n) is 3.87. The van der Waals surface area contributed by atoms with E-state index in [4.69, 9.17) is 5.11 Å². The van der Waals surface area contributed by atoms with Crippen LogP contribution >= 0.6 is 0 Å². The van der Waals surface area contributed by atoms with Gasteiger partial charge >= 0.3 is 21.5 Å². The van der Waals surface area contributed by atoms with E-state index in [0.29, 0.717) is 0 Å². The SMILES string of the molecule is C=C(C)C(=O)O.CC.NS(=O)(=O)C(F)(F)F. The Morgan fingerprint density at radius 2 is 1.44 bits per heavy atom. The zero-order valence-electron chi connectivity index (χ0n) is 9.00. The van der Waals surface area contributed by atoms with E-state index in [1.165, 1.54) is 6.92 Å². The van der Waals surface area contributed by atoms with Crippen molar-refractivity contribution in [2.45, 2.75) is 26.3 Å². The molecule has 0 amide bonds. The average Bonchev–Trinajstić information content (AvgIpc) is 2.05. The van der Waals surface area contributed by atoms with E-state index in [1.54, 1.807) is 0 Å². The topological polar surface area (TPSA) is 97.5 Å². The molecule has 0 aromatic heterocycles. The third-order valence-electron chi connectivity index (χ3n) is 0.688. The zero-order valence-corrected chi connectivity index (χ0v) is 9.82. The second kappa shape index (κ2) is 8.11. The normalized spacial score (nSPS) is 10.2. The van der Waals surface area contributed by atoms with Gasteiger partial charge in [-0.15, -0.1) is 0 Å². The van der Waals surface area contributed by atoms with Crippen molar-refractivity contribution in [2.75, 3.05) is 0 Å². The third kappa shape index (κ3) is 12.9. The first-order valence-corrected chi connectivity index (χ1v) is 5.42. The summed E-state index contributed by atoms with van der Waals surface area (Å²) >= 11 is 0. The van der Waals surface area contributed by atoms with Crippen molar-refractivity contribution in [3.05, 3.63) is 12.2 Å². The lowest BCUT2D eigenvalue weighted by atomic mass is 10.4. The summed E-state index contributed by atoms with van der Waals surface area (Å²) in [6, 6.07) is 0. The van der Waals surface area contributed by atoms with E-state index in [1.807, 2.05) is 13.8 Å². The molecule has 0 heterocycles. The summed E-state index contributed by atoms with van der Waals surface area (Å²) in [6.45, 7) is 8.60. The number of carboxylic acid groups (broad SMARTS) is 1. The average molecular weight is 265 g/mol.